The van der Waals surface area contributed by atoms with Crippen LogP contribution in [0.5, 0.6) is 0 Å². The highest BCUT2D eigenvalue weighted by molar-refractivity contribution is 5.25. The Balaban J connectivity index is 1.86. The second-order valence-electron chi connectivity index (χ2n) is 4.86. The largest absolute Gasteiger partial charge is 0.314 e. The molecule has 2 aliphatic rings. The van der Waals surface area contributed by atoms with Gasteiger partial charge in [0.25, 0.3) is 0 Å². The number of fused-ring (bicyclic) bond motifs is 1. The lowest BCUT2D eigenvalue weighted by atomic mass is 9.91. The molecule has 1 aromatic rings. The fourth-order valence-corrected chi connectivity index (χ4v) is 3.06. The van der Waals surface area contributed by atoms with Gasteiger partial charge in [-0.25, -0.2) is 0 Å². The van der Waals surface area contributed by atoms with E-state index in [1.165, 1.54) is 43.6 Å². The highest BCUT2D eigenvalue weighted by Gasteiger charge is 2.28. The van der Waals surface area contributed by atoms with Crippen molar-refractivity contribution in [3.8, 4) is 0 Å². The van der Waals surface area contributed by atoms with E-state index in [4.69, 9.17) is 0 Å². The van der Waals surface area contributed by atoms with Crippen LogP contribution in [0.1, 0.15) is 30.1 Å². The van der Waals surface area contributed by atoms with E-state index < -0.39 is 0 Å². The molecule has 4 heteroatoms. The van der Waals surface area contributed by atoms with Crippen molar-refractivity contribution in [3.05, 3.63) is 17.5 Å². The molecule has 1 N–H and O–H groups in total. The first kappa shape index (κ1) is 10.3. The first-order chi connectivity index (χ1) is 7.86. The van der Waals surface area contributed by atoms with Crippen molar-refractivity contribution < 1.29 is 0 Å². The summed E-state index contributed by atoms with van der Waals surface area (Å²) in [5, 5.41) is 7.84. The summed E-state index contributed by atoms with van der Waals surface area (Å²) in [6.45, 7) is 4.62. The highest BCUT2D eigenvalue weighted by Crippen LogP contribution is 2.33. The minimum atomic E-state index is 0.625. The van der Waals surface area contributed by atoms with E-state index in [0.29, 0.717) is 6.04 Å². The van der Waals surface area contributed by atoms with E-state index in [-0.39, 0.29) is 0 Å². The molecule has 1 fully saturated rings. The molecule has 1 aromatic heterocycles. The number of hydrogen-bond acceptors (Lipinski definition) is 3. The minimum Gasteiger partial charge on any atom is -0.314 e. The van der Waals surface area contributed by atoms with Crippen LogP contribution in [0.3, 0.4) is 0 Å². The van der Waals surface area contributed by atoms with Gasteiger partial charge < -0.3 is 5.32 Å². The van der Waals surface area contributed by atoms with Gasteiger partial charge >= 0.3 is 0 Å². The highest BCUT2D eigenvalue weighted by atomic mass is 15.3. The maximum atomic E-state index is 4.42. The van der Waals surface area contributed by atoms with Crippen molar-refractivity contribution >= 4 is 0 Å². The molecule has 3 rings (SSSR count). The second kappa shape index (κ2) is 4.18. The summed E-state index contributed by atoms with van der Waals surface area (Å²) in [6.07, 6.45) is 5.90. The molecule has 0 bridgehead atoms. The molecule has 0 radical (unpaired) electrons. The molecule has 1 saturated heterocycles. The summed E-state index contributed by atoms with van der Waals surface area (Å²) in [4.78, 5) is 2.62. The zero-order valence-electron chi connectivity index (χ0n) is 9.95. The van der Waals surface area contributed by atoms with Crippen LogP contribution in [0.2, 0.25) is 0 Å². The van der Waals surface area contributed by atoms with E-state index in [9.17, 15) is 0 Å². The lowest BCUT2D eigenvalue weighted by molar-refractivity contribution is 0.157. The third-order valence-corrected chi connectivity index (χ3v) is 3.94. The van der Waals surface area contributed by atoms with Gasteiger partial charge in [0.1, 0.15) is 0 Å². The number of rotatable bonds is 1. The minimum absolute atomic E-state index is 0.625. The predicted molar refractivity (Wildman–Crippen MR) is 63.3 cm³/mol. The molecule has 0 amide bonds. The van der Waals surface area contributed by atoms with Crippen molar-refractivity contribution in [2.45, 2.75) is 25.3 Å². The molecule has 4 nitrogen and oxygen atoms in total. The third kappa shape index (κ3) is 1.66. The van der Waals surface area contributed by atoms with Crippen molar-refractivity contribution in [3.63, 3.8) is 0 Å². The summed E-state index contributed by atoms with van der Waals surface area (Å²) in [5.74, 6) is 0. The number of piperazine rings is 1. The summed E-state index contributed by atoms with van der Waals surface area (Å²) in [7, 11) is 2.07. The number of nitrogens with zero attached hydrogens (tertiary/aromatic N) is 3. The monoisotopic (exact) mass is 220 g/mol. The average Bonchev–Trinajstić information content (AvgIpc) is 2.73. The maximum Gasteiger partial charge on any atom is 0.0540 e. The topological polar surface area (TPSA) is 33.1 Å². The molecule has 0 saturated carbocycles. The fourth-order valence-electron chi connectivity index (χ4n) is 3.06. The van der Waals surface area contributed by atoms with Gasteiger partial charge in [0.05, 0.1) is 6.20 Å². The molecular weight excluding hydrogens is 200 g/mol. The van der Waals surface area contributed by atoms with Crippen molar-refractivity contribution in [1.29, 1.82) is 0 Å². The molecule has 16 heavy (non-hydrogen) atoms. The van der Waals surface area contributed by atoms with Crippen LogP contribution < -0.4 is 5.32 Å². The van der Waals surface area contributed by atoms with Crippen LogP contribution in [0, 0.1) is 0 Å². The zero-order chi connectivity index (χ0) is 11.0. The van der Waals surface area contributed by atoms with Crippen LogP contribution in [0.15, 0.2) is 6.20 Å². The van der Waals surface area contributed by atoms with Gasteiger partial charge in [-0.05, 0) is 19.3 Å². The molecule has 0 aromatic carbocycles. The quantitative estimate of drug-likeness (QED) is 0.756. The average molecular weight is 220 g/mol. The van der Waals surface area contributed by atoms with E-state index in [0.717, 1.165) is 13.1 Å². The van der Waals surface area contributed by atoms with Crippen LogP contribution in [-0.2, 0) is 13.5 Å². The zero-order valence-corrected chi connectivity index (χ0v) is 9.95. The molecule has 88 valence electrons. The summed E-state index contributed by atoms with van der Waals surface area (Å²) >= 11 is 0. The molecule has 0 spiro atoms. The van der Waals surface area contributed by atoms with Crippen LogP contribution >= 0.6 is 0 Å². The molecule has 2 heterocycles. The molecule has 1 aliphatic heterocycles. The Hall–Kier alpha value is -0.870. The number of aromatic nitrogens is 2. The van der Waals surface area contributed by atoms with Crippen molar-refractivity contribution in [1.82, 2.24) is 20.0 Å². The van der Waals surface area contributed by atoms with E-state index in [1.54, 1.807) is 0 Å². The van der Waals surface area contributed by atoms with E-state index in [1.807, 2.05) is 0 Å². The third-order valence-electron chi connectivity index (χ3n) is 3.94. The summed E-state index contributed by atoms with van der Waals surface area (Å²) < 4.78 is 2.06. The van der Waals surface area contributed by atoms with E-state index in [2.05, 4.69) is 33.2 Å². The lowest BCUT2D eigenvalue weighted by Gasteiger charge is -2.37. The molecule has 1 aliphatic carbocycles. The Morgan fingerprint density at radius 1 is 1.38 bits per heavy atom. The predicted octanol–water partition coefficient (Wildman–Crippen LogP) is 0.703. The second-order valence-corrected chi connectivity index (χ2v) is 4.86. The normalized spacial score (nSPS) is 26.7. The van der Waals surface area contributed by atoms with Crippen LogP contribution in [-0.4, -0.2) is 40.9 Å². The Bertz CT molecular complexity index is 365. The molecular formula is C12H20N4. The van der Waals surface area contributed by atoms with Gasteiger partial charge in [-0.2, -0.15) is 5.10 Å². The van der Waals surface area contributed by atoms with Gasteiger partial charge in [0.15, 0.2) is 0 Å². The first-order valence-electron chi connectivity index (χ1n) is 6.32. The van der Waals surface area contributed by atoms with E-state index >= 15 is 0 Å². The van der Waals surface area contributed by atoms with Gasteiger partial charge in [-0.1, -0.05) is 0 Å². The maximum absolute atomic E-state index is 4.42. The summed E-state index contributed by atoms with van der Waals surface area (Å²) in [6, 6.07) is 0.625. The molecule has 1 unspecified atom stereocenters. The Labute approximate surface area is 96.6 Å². The first-order valence-corrected chi connectivity index (χ1v) is 6.32. The van der Waals surface area contributed by atoms with Gasteiger partial charge in [0, 0.05) is 50.5 Å². The van der Waals surface area contributed by atoms with Gasteiger partial charge in [-0.3, -0.25) is 9.58 Å². The summed E-state index contributed by atoms with van der Waals surface area (Å²) in [5.41, 5.74) is 2.94. The van der Waals surface area contributed by atoms with Crippen molar-refractivity contribution in [2.24, 2.45) is 7.05 Å². The number of aryl methyl sites for hydroxylation is 1. The standard InChI is InChI=1S/C12H20N4/c1-15-11-3-2-4-12(10(11)9-14-15)16-7-5-13-6-8-16/h9,12-13H,2-8H2,1H3. The Kier molecular flexibility index (Phi) is 2.69. The molecule has 1 atom stereocenters. The Morgan fingerprint density at radius 2 is 2.19 bits per heavy atom. The van der Waals surface area contributed by atoms with Gasteiger partial charge in [0.2, 0.25) is 0 Å². The van der Waals surface area contributed by atoms with Crippen molar-refractivity contribution in [2.75, 3.05) is 26.2 Å². The number of nitrogens with one attached hydrogen (secondary N) is 1. The van der Waals surface area contributed by atoms with Crippen LogP contribution in [0.25, 0.3) is 0 Å². The number of hydrogen-bond donors (Lipinski definition) is 1. The fraction of sp³-hybridized carbons (Fsp3) is 0.750. The lowest BCUT2D eigenvalue weighted by Crippen LogP contribution is -2.45. The SMILES string of the molecule is Cn1ncc2c1CCCC2N1CCNCC1. The van der Waals surface area contributed by atoms with Gasteiger partial charge in [-0.15, -0.1) is 0 Å². The Morgan fingerprint density at radius 3 is 3.00 bits per heavy atom. The smallest absolute Gasteiger partial charge is 0.0540 e. The van der Waals surface area contributed by atoms with Crippen LogP contribution in [0.4, 0.5) is 0 Å².